The summed E-state index contributed by atoms with van der Waals surface area (Å²) in [5.74, 6) is 2.98. The number of nitrogens with zero attached hydrogens (tertiary/aromatic N) is 3. The first-order chi connectivity index (χ1) is 14.6. The minimum absolute atomic E-state index is 0.306. The highest BCUT2D eigenvalue weighted by Gasteiger charge is 2.21. The highest BCUT2D eigenvalue weighted by molar-refractivity contribution is 5.43. The Kier molecular flexibility index (Phi) is 7.73. The molecular formula is C22H30N4O4. The van der Waals surface area contributed by atoms with Crippen LogP contribution < -0.4 is 24.3 Å². The zero-order valence-corrected chi connectivity index (χ0v) is 17.9. The Labute approximate surface area is 177 Å². The summed E-state index contributed by atoms with van der Waals surface area (Å²) in [6, 6.07) is 8.05. The fourth-order valence-electron chi connectivity index (χ4n) is 3.43. The first kappa shape index (κ1) is 21.7. The average molecular weight is 415 g/mol. The van der Waals surface area contributed by atoms with E-state index in [4.69, 9.17) is 18.9 Å². The van der Waals surface area contributed by atoms with Crippen molar-refractivity contribution in [1.29, 1.82) is 0 Å². The Hall–Kier alpha value is -3.00. The number of ether oxygens (including phenoxy) is 4. The molecular weight excluding hydrogens is 384 g/mol. The predicted octanol–water partition coefficient (Wildman–Crippen LogP) is 3.14. The SMILES string of the molecule is C=CCOc1cc(CN2CCC(Nc3nc(OC)cc(OC)n3)CC2)ccc1OC. The number of hydrogen-bond donors (Lipinski definition) is 1. The van der Waals surface area contributed by atoms with Crippen molar-refractivity contribution in [2.24, 2.45) is 0 Å². The van der Waals surface area contributed by atoms with Crippen molar-refractivity contribution in [3.63, 3.8) is 0 Å². The molecule has 1 aliphatic rings. The van der Waals surface area contributed by atoms with Crippen LogP contribution in [0.3, 0.4) is 0 Å². The van der Waals surface area contributed by atoms with Crippen LogP contribution in [0.2, 0.25) is 0 Å². The zero-order valence-electron chi connectivity index (χ0n) is 17.9. The number of piperidine rings is 1. The molecule has 1 aromatic carbocycles. The van der Waals surface area contributed by atoms with Crippen molar-refractivity contribution in [3.05, 3.63) is 42.5 Å². The maximum absolute atomic E-state index is 5.72. The van der Waals surface area contributed by atoms with Gasteiger partial charge in [-0.25, -0.2) is 0 Å². The van der Waals surface area contributed by atoms with E-state index in [1.807, 2.05) is 12.1 Å². The van der Waals surface area contributed by atoms with Gasteiger partial charge in [-0.15, -0.1) is 0 Å². The van der Waals surface area contributed by atoms with Gasteiger partial charge in [0, 0.05) is 25.7 Å². The third kappa shape index (κ3) is 5.76. The minimum Gasteiger partial charge on any atom is -0.493 e. The maximum Gasteiger partial charge on any atom is 0.229 e. The smallest absolute Gasteiger partial charge is 0.229 e. The lowest BCUT2D eigenvalue weighted by molar-refractivity contribution is 0.210. The van der Waals surface area contributed by atoms with Gasteiger partial charge in [-0.3, -0.25) is 4.90 Å². The molecule has 162 valence electrons. The van der Waals surface area contributed by atoms with Crippen LogP contribution in [0.5, 0.6) is 23.3 Å². The van der Waals surface area contributed by atoms with Crippen molar-refractivity contribution in [1.82, 2.24) is 14.9 Å². The van der Waals surface area contributed by atoms with Crippen LogP contribution in [-0.4, -0.2) is 61.9 Å². The zero-order chi connectivity index (χ0) is 21.3. The van der Waals surface area contributed by atoms with E-state index in [2.05, 4.69) is 32.8 Å². The van der Waals surface area contributed by atoms with Crippen molar-refractivity contribution >= 4 is 5.95 Å². The van der Waals surface area contributed by atoms with E-state index in [1.165, 1.54) is 5.56 Å². The maximum atomic E-state index is 5.72. The van der Waals surface area contributed by atoms with Crippen molar-refractivity contribution in [2.45, 2.75) is 25.4 Å². The lowest BCUT2D eigenvalue weighted by Crippen LogP contribution is -2.39. The highest BCUT2D eigenvalue weighted by atomic mass is 16.5. The lowest BCUT2D eigenvalue weighted by Gasteiger charge is -2.32. The van der Waals surface area contributed by atoms with Crippen LogP contribution >= 0.6 is 0 Å². The Morgan fingerprint density at radius 1 is 1.03 bits per heavy atom. The summed E-state index contributed by atoms with van der Waals surface area (Å²) in [5, 5.41) is 3.41. The summed E-state index contributed by atoms with van der Waals surface area (Å²) < 4.78 is 21.5. The lowest BCUT2D eigenvalue weighted by atomic mass is 10.0. The van der Waals surface area contributed by atoms with Gasteiger partial charge in [-0.05, 0) is 30.5 Å². The predicted molar refractivity (Wildman–Crippen MR) is 116 cm³/mol. The topological polar surface area (TPSA) is 78.0 Å². The van der Waals surface area contributed by atoms with Crippen molar-refractivity contribution in [2.75, 3.05) is 46.3 Å². The van der Waals surface area contributed by atoms with Crippen LogP contribution in [0, 0.1) is 0 Å². The number of hydrogen-bond acceptors (Lipinski definition) is 8. The van der Waals surface area contributed by atoms with E-state index < -0.39 is 0 Å². The molecule has 30 heavy (non-hydrogen) atoms. The Morgan fingerprint density at radius 2 is 1.73 bits per heavy atom. The second-order valence-corrected chi connectivity index (χ2v) is 7.06. The molecule has 0 spiro atoms. The molecule has 1 aromatic heterocycles. The second kappa shape index (κ2) is 10.7. The molecule has 2 heterocycles. The van der Waals surface area contributed by atoms with Crippen LogP contribution in [-0.2, 0) is 6.54 Å². The number of nitrogens with one attached hydrogen (secondary N) is 1. The van der Waals surface area contributed by atoms with Gasteiger partial charge in [0.2, 0.25) is 17.7 Å². The molecule has 0 unspecified atom stereocenters. The molecule has 8 nitrogen and oxygen atoms in total. The van der Waals surface area contributed by atoms with Gasteiger partial charge in [-0.1, -0.05) is 18.7 Å². The molecule has 0 amide bonds. The van der Waals surface area contributed by atoms with Crippen LogP contribution in [0.15, 0.2) is 36.9 Å². The van der Waals surface area contributed by atoms with Gasteiger partial charge in [0.05, 0.1) is 27.4 Å². The molecule has 3 rings (SSSR count). The van der Waals surface area contributed by atoms with E-state index in [-0.39, 0.29) is 0 Å². The van der Waals surface area contributed by atoms with E-state index in [0.29, 0.717) is 30.4 Å². The van der Waals surface area contributed by atoms with Gasteiger partial charge in [0.1, 0.15) is 6.61 Å². The summed E-state index contributed by atoms with van der Waals surface area (Å²) in [4.78, 5) is 11.2. The highest BCUT2D eigenvalue weighted by Crippen LogP contribution is 2.29. The third-order valence-corrected chi connectivity index (χ3v) is 5.01. The van der Waals surface area contributed by atoms with Crippen LogP contribution in [0.1, 0.15) is 18.4 Å². The fraction of sp³-hybridized carbons (Fsp3) is 0.455. The normalized spacial score (nSPS) is 14.8. The van der Waals surface area contributed by atoms with Crippen molar-refractivity contribution in [3.8, 4) is 23.3 Å². The van der Waals surface area contributed by atoms with E-state index in [1.54, 1.807) is 33.5 Å². The first-order valence-corrected chi connectivity index (χ1v) is 10.0. The quantitative estimate of drug-likeness (QED) is 0.594. The number of likely N-dealkylation sites (tertiary alicyclic amines) is 1. The number of aromatic nitrogens is 2. The molecule has 0 saturated carbocycles. The molecule has 1 aliphatic heterocycles. The van der Waals surface area contributed by atoms with Gasteiger partial charge < -0.3 is 24.3 Å². The molecule has 8 heteroatoms. The molecule has 0 aliphatic carbocycles. The third-order valence-electron chi connectivity index (χ3n) is 5.01. The largest absolute Gasteiger partial charge is 0.493 e. The summed E-state index contributed by atoms with van der Waals surface area (Å²) in [6.07, 6.45) is 3.73. The summed E-state index contributed by atoms with van der Waals surface area (Å²) in [6.45, 7) is 6.98. The molecule has 1 saturated heterocycles. The Bertz CT molecular complexity index is 816. The molecule has 1 fully saturated rings. The first-order valence-electron chi connectivity index (χ1n) is 10.0. The standard InChI is InChI=1S/C22H30N4O4/c1-5-12-30-19-13-16(6-7-18(19)27-2)15-26-10-8-17(9-11-26)23-22-24-20(28-3)14-21(25-22)29-4/h5-7,13-14,17H,1,8-12,15H2,2-4H3,(H,23,24,25). The van der Waals surface area contributed by atoms with Gasteiger partial charge in [0.15, 0.2) is 11.5 Å². The summed E-state index contributed by atoms with van der Waals surface area (Å²) >= 11 is 0. The Morgan fingerprint density at radius 3 is 2.33 bits per heavy atom. The van der Waals surface area contributed by atoms with E-state index in [0.717, 1.165) is 44.0 Å². The average Bonchev–Trinajstić information content (AvgIpc) is 2.78. The number of rotatable bonds is 10. The number of benzene rings is 1. The van der Waals surface area contributed by atoms with Gasteiger partial charge >= 0.3 is 0 Å². The van der Waals surface area contributed by atoms with Crippen molar-refractivity contribution < 1.29 is 18.9 Å². The van der Waals surface area contributed by atoms with Crippen LogP contribution in [0.4, 0.5) is 5.95 Å². The fourth-order valence-corrected chi connectivity index (χ4v) is 3.43. The number of anilines is 1. The molecule has 0 bridgehead atoms. The summed E-state index contributed by atoms with van der Waals surface area (Å²) in [5.41, 5.74) is 1.20. The van der Waals surface area contributed by atoms with Crippen LogP contribution in [0.25, 0.3) is 0 Å². The second-order valence-electron chi connectivity index (χ2n) is 7.06. The minimum atomic E-state index is 0.306. The van der Waals surface area contributed by atoms with Gasteiger partial charge in [0.25, 0.3) is 0 Å². The van der Waals surface area contributed by atoms with E-state index in [9.17, 15) is 0 Å². The summed E-state index contributed by atoms with van der Waals surface area (Å²) in [7, 11) is 4.81. The molecule has 0 radical (unpaired) electrons. The molecule has 1 N–H and O–H groups in total. The molecule has 2 aromatic rings. The monoisotopic (exact) mass is 414 g/mol. The van der Waals surface area contributed by atoms with Gasteiger partial charge in [-0.2, -0.15) is 9.97 Å². The Balaban J connectivity index is 1.55. The molecule has 0 atom stereocenters. The number of methoxy groups -OCH3 is 3. The van der Waals surface area contributed by atoms with E-state index >= 15 is 0 Å².